The number of para-hydroxylation sites is 1. The Morgan fingerprint density at radius 2 is 1.39 bits per heavy atom. The quantitative estimate of drug-likeness (QED) is 0.419. The van der Waals surface area contributed by atoms with Gasteiger partial charge in [0.05, 0.1) is 11.6 Å². The first-order chi connectivity index (χ1) is 13.6. The molecule has 5 heteroatoms. The van der Waals surface area contributed by atoms with Crippen LogP contribution < -0.4 is 4.90 Å². The highest BCUT2D eigenvalue weighted by Gasteiger charge is 2.46. The summed E-state index contributed by atoms with van der Waals surface area (Å²) in [5.74, 6) is -2.20. The summed E-state index contributed by atoms with van der Waals surface area (Å²) in [6.07, 6.45) is 0. The third kappa shape index (κ3) is 2.97. The Morgan fingerprint density at radius 3 is 2.00 bits per heavy atom. The summed E-state index contributed by atoms with van der Waals surface area (Å²) in [5, 5.41) is 10.9. The molecule has 4 nitrogen and oxygen atoms in total. The number of nitrogens with zero attached hydrogens (tertiary/aromatic N) is 1. The van der Waals surface area contributed by atoms with Gasteiger partial charge in [0.1, 0.15) is 11.6 Å². The fraction of sp³-hybridized carbons (Fsp3) is 0.0435. The third-order valence-electron chi connectivity index (χ3n) is 4.71. The summed E-state index contributed by atoms with van der Waals surface area (Å²) in [5.41, 5.74) is 1.46. The molecule has 0 radical (unpaired) electrons. The van der Waals surface area contributed by atoms with E-state index >= 15 is 0 Å². The van der Waals surface area contributed by atoms with Crippen molar-refractivity contribution in [3.05, 3.63) is 107 Å². The molecule has 0 unspecified atom stereocenters. The standard InChI is InChI=1S/C23H16FNO3/c24-17-13-11-15(12-14-17)20-19(21(26)16-7-3-1-4-8-16)22(27)23(28)25(20)18-9-5-2-6-10-18/h1-14,20,26H/t20-/m0/s1. The second kappa shape index (κ2) is 7.12. The molecule has 1 heterocycles. The highest BCUT2D eigenvalue weighted by Crippen LogP contribution is 2.41. The molecule has 0 aliphatic carbocycles. The van der Waals surface area contributed by atoms with Crippen molar-refractivity contribution in [3.63, 3.8) is 0 Å². The molecular formula is C23H16FNO3. The van der Waals surface area contributed by atoms with Gasteiger partial charge < -0.3 is 5.11 Å². The summed E-state index contributed by atoms with van der Waals surface area (Å²) in [7, 11) is 0. The van der Waals surface area contributed by atoms with E-state index in [1.807, 2.05) is 0 Å². The SMILES string of the molecule is O=C1C(=O)N(c2ccccc2)[C@@H](c2ccc(F)cc2)C1=C(O)c1ccccc1. The molecule has 138 valence electrons. The summed E-state index contributed by atoms with van der Waals surface area (Å²) in [6, 6.07) is 22.0. The third-order valence-corrected chi connectivity index (χ3v) is 4.71. The number of hydrogen-bond acceptors (Lipinski definition) is 3. The number of aliphatic hydroxyl groups excluding tert-OH is 1. The van der Waals surface area contributed by atoms with Crippen molar-refractivity contribution in [1.82, 2.24) is 0 Å². The Bertz CT molecular complexity index is 1060. The summed E-state index contributed by atoms with van der Waals surface area (Å²) in [6.45, 7) is 0. The highest BCUT2D eigenvalue weighted by molar-refractivity contribution is 6.51. The molecule has 1 saturated heterocycles. The number of carbonyl (C=O) groups is 2. The second-order valence-electron chi connectivity index (χ2n) is 6.42. The van der Waals surface area contributed by atoms with Crippen molar-refractivity contribution in [2.45, 2.75) is 6.04 Å². The Hall–Kier alpha value is -3.73. The minimum Gasteiger partial charge on any atom is -0.507 e. The van der Waals surface area contributed by atoms with Crippen molar-refractivity contribution in [3.8, 4) is 0 Å². The van der Waals surface area contributed by atoms with Gasteiger partial charge in [-0.2, -0.15) is 0 Å². The number of ketones is 1. The molecule has 0 saturated carbocycles. The van der Waals surface area contributed by atoms with Crippen LogP contribution >= 0.6 is 0 Å². The molecule has 1 aliphatic heterocycles. The maximum Gasteiger partial charge on any atom is 0.300 e. The molecule has 4 rings (SSSR count). The van der Waals surface area contributed by atoms with Crippen LogP contribution in [0.15, 0.2) is 90.5 Å². The predicted octanol–water partition coefficient (Wildman–Crippen LogP) is 4.45. The van der Waals surface area contributed by atoms with E-state index in [1.165, 1.54) is 29.2 Å². The van der Waals surface area contributed by atoms with Crippen LogP contribution in [0.3, 0.4) is 0 Å². The number of benzene rings is 3. The molecule has 3 aromatic carbocycles. The first-order valence-corrected chi connectivity index (χ1v) is 8.75. The van der Waals surface area contributed by atoms with Crippen LogP contribution in [0.5, 0.6) is 0 Å². The fourth-order valence-electron chi connectivity index (χ4n) is 3.40. The average molecular weight is 373 g/mol. The van der Waals surface area contributed by atoms with Crippen molar-refractivity contribution in [2.75, 3.05) is 4.90 Å². The lowest BCUT2D eigenvalue weighted by atomic mass is 9.95. The van der Waals surface area contributed by atoms with Gasteiger partial charge in [0, 0.05) is 11.3 Å². The first kappa shape index (κ1) is 17.7. The fourth-order valence-corrected chi connectivity index (χ4v) is 3.40. The van der Waals surface area contributed by atoms with E-state index in [0.717, 1.165) is 0 Å². The van der Waals surface area contributed by atoms with Gasteiger partial charge in [0.25, 0.3) is 11.7 Å². The zero-order valence-electron chi connectivity index (χ0n) is 14.7. The Balaban J connectivity index is 1.95. The van der Waals surface area contributed by atoms with Crippen molar-refractivity contribution >= 4 is 23.1 Å². The van der Waals surface area contributed by atoms with Gasteiger partial charge in [-0.3, -0.25) is 14.5 Å². The maximum atomic E-state index is 13.5. The normalized spacial score (nSPS) is 18.5. The molecule has 1 atom stereocenters. The lowest BCUT2D eigenvalue weighted by molar-refractivity contribution is -0.132. The van der Waals surface area contributed by atoms with Gasteiger partial charge >= 0.3 is 0 Å². The van der Waals surface area contributed by atoms with Gasteiger partial charge in [-0.1, -0.05) is 60.7 Å². The minimum atomic E-state index is -0.858. The molecule has 3 aromatic rings. The average Bonchev–Trinajstić information content (AvgIpc) is 3.00. The summed E-state index contributed by atoms with van der Waals surface area (Å²) in [4.78, 5) is 27.1. The van der Waals surface area contributed by atoms with Crippen LogP contribution in [0.2, 0.25) is 0 Å². The first-order valence-electron chi connectivity index (χ1n) is 8.75. The molecule has 0 spiro atoms. The topological polar surface area (TPSA) is 57.6 Å². The Labute approximate surface area is 161 Å². The predicted molar refractivity (Wildman–Crippen MR) is 104 cm³/mol. The highest BCUT2D eigenvalue weighted by atomic mass is 19.1. The molecule has 28 heavy (non-hydrogen) atoms. The van der Waals surface area contributed by atoms with Crippen molar-refractivity contribution in [1.29, 1.82) is 0 Å². The number of amides is 1. The minimum absolute atomic E-state index is 0.0216. The largest absolute Gasteiger partial charge is 0.507 e. The molecular weight excluding hydrogens is 357 g/mol. The van der Waals surface area contributed by atoms with E-state index in [2.05, 4.69) is 0 Å². The monoisotopic (exact) mass is 373 g/mol. The number of Topliss-reactive ketones (excluding diaryl/α,β-unsaturated/α-hetero) is 1. The Kier molecular flexibility index (Phi) is 4.49. The van der Waals surface area contributed by atoms with Gasteiger partial charge in [0.15, 0.2) is 0 Å². The zero-order chi connectivity index (χ0) is 19.7. The number of aliphatic hydroxyl groups is 1. The lowest BCUT2D eigenvalue weighted by Gasteiger charge is -2.25. The van der Waals surface area contributed by atoms with Crippen molar-refractivity contribution < 1.29 is 19.1 Å². The van der Waals surface area contributed by atoms with E-state index < -0.39 is 23.5 Å². The lowest BCUT2D eigenvalue weighted by Crippen LogP contribution is -2.29. The van der Waals surface area contributed by atoms with Gasteiger partial charge in [-0.25, -0.2) is 4.39 Å². The number of anilines is 1. The number of halogens is 1. The molecule has 1 amide bonds. The van der Waals surface area contributed by atoms with Crippen LogP contribution in [0.4, 0.5) is 10.1 Å². The van der Waals surface area contributed by atoms with Gasteiger partial charge in [-0.15, -0.1) is 0 Å². The molecule has 1 aliphatic rings. The van der Waals surface area contributed by atoms with E-state index in [1.54, 1.807) is 60.7 Å². The number of carbonyl (C=O) groups excluding carboxylic acids is 2. The second-order valence-corrected chi connectivity index (χ2v) is 6.42. The van der Waals surface area contributed by atoms with Crippen LogP contribution in [-0.4, -0.2) is 16.8 Å². The van der Waals surface area contributed by atoms with E-state index in [0.29, 0.717) is 16.8 Å². The van der Waals surface area contributed by atoms with Crippen LogP contribution in [0, 0.1) is 5.82 Å². The van der Waals surface area contributed by atoms with Crippen molar-refractivity contribution in [2.24, 2.45) is 0 Å². The molecule has 1 N–H and O–H groups in total. The van der Waals surface area contributed by atoms with E-state index in [9.17, 15) is 19.1 Å². The zero-order valence-corrected chi connectivity index (χ0v) is 14.7. The summed E-state index contributed by atoms with van der Waals surface area (Å²) < 4.78 is 13.5. The van der Waals surface area contributed by atoms with Crippen LogP contribution in [0.25, 0.3) is 5.76 Å². The van der Waals surface area contributed by atoms with Crippen LogP contribution in [-0.2, 0) is 9.59 Å². The van der Waals surface area contributed by atoms with Crippen LogP contribution in [0.1, 0.15) is 17.2 Å². The number of hydrogen-bond donors (Lipinski definition) is 1. The molecule has 0 bridgehead atoms. The molecule has 1 fully saturated rings. The summed E-state index contributed by atoms with van der Waals surface area (Å²) >= 11 is 0. The smallest absolute Gasteiger partial charge is 0.300 e. The Morgan fingerprint density at radius 1 is 0.821 bits per heavy atom. The van der Waals surface area contributed by atoms with E-state index in [-0.39, 0.29) is 11.3 Å². The van der Waals surface area contributed by atoms with Gasteiger partial charge in [0.2, 0.25) is 0 Å². The molecule has 0 aromatic heterocycles. The number of rotatable bonds is 3. The van der Waals surface area contributed by atoms with Gasteiger partial charge in [-0.05, 0) is 29.8 Å². The van der Waals surface area contributed by atoms with E-state index in [4.69, 9.17) is 0 Å². The maximum absolute atomic E-state index is 13.5.